The van der Waals surface area contributed by atoms with Gasteiger partial charge in [-0.25, -0.2) is 0 Å². The first-order valence-corrected chi connectivity index (χ1v) is 7.29. The van der Waals surface area contributed by atoms with E-state index in [0.717, 1.165) is 25.9 Å². The Morgan fingerprint density at radius 2 is 2.19 bits per heavy atom. The van der Waals surface area contributed by atoms with Crippen molar-refractivity contribution in [1.29, 1.82) is 0 Å². The summed E-state index contributed by atoms with van der Waals surface area (Å²) in [6.07, 6.45) is 4.84. The zero-order chi connectivity index (χ0) is 14.9. The van der Waals surface area contributed by atoms with E-state index in [-0.39, 0.29) is 6.29 Å². The highest BCUT2D eigenvalue weighted by atomic mass is 16.7. The van der Waals surface area contributed by atoms with Crippen molar-refractivity contribution in [3.05, 3.63) is 30.9 Å². The summed E-state index contributed by atoms with van der Waals surface area (Å²) in [5.74, 6) is 1.33. The lowest BCUT2D eigenvalue weighted by atomic mass is 10.2. The van der Waals surface area contributed by atoms with Crippen molar-refractivity contribution in [3.63, 3.8) is 0 Å². The van der Waals surface area contributed by atoms with Gasteiger partial charge in [-0.15, -0.1) is 0 Å². The van der Waals surface area contributed by atoms with E-state index in [4.69, 9.17) is 24.7 Å². The summed E-state index contributed by atoms with van der Waals surface area (Å²) >= 11 is 0. The van der Waals surface area contributed by atoms with Gasteiger partial charge in [0.2, 0.25) is 0 Å². The molecule has 0 amide bonds. The van der Waals surface area contributed by atoms with Crippen molar-refractivity contribution in [1.82, 2.24) is 0 Å². The summed E-state index contributed by atoms with van der Waals surface area (Å²) in [5, 5.41) is 0. The van der Waals surface area contributed by atoms with Crippen molar-refractivity contribution in [2.45, 2.75) is 25.6 Å². The number of rotatable bonds is 8. The van der Waals surface area contributed by atoms with Gasteiger partial charge < -0.3 is 24.7 Å². The minimum absolute atomic E-state index is 0.0814. The zero-order valence-electron chi connectivity index (χ0n) is 12.3. The first kappa shape index (κ1) is 15.7. The molecular formula is C16H23NO4. The molecule has 1 aromatic carbocycles. The second-order valence-corrected chi connectivity index (χ2v) is 4.81. The van der Waals surface area contributed by atoms with Crippen molar-refractivity contribution in [2.24, 2.45) is 0 Å². The predicted octanol–water partition coefficient (Wildman–Crippen LogP) is 2.76. The fraction of sp³-hybridized carbons (Fsp3) is 0.500. The number of hydrogen-bond donors (Lipinski definition) is 1. The molecule has 1 aromatic rings. The van der Waals surface area contributed by atoms with E-state index in [1.807, 2.05) is 6.07 Å². The van der Waals surface area contributed by atoms with E-state index in [1.165, 1.54) is 0 Å². The van der Waals surface area contributed by atoms with Crippen molar-refractivity contribution in [3.8, 4) is 11.5 Å². The zero-order valence-corrected chi connectivity index (χ0v) is 12.3. The second-order valence-electron chi connectivity index (χ2n) is 4.81. The van der Waals surface area contributed by atoms with Crippen LogP contribution in [0.5, 0.6) is 11.5 Å². The van der Waals surface area contributed by atoms with Crippen LogP contribution in [0.25, 0.3) is 0 Å². The van der Waals surface area contributed by atoms with Crippen LogP contribution in [0.4, 0.5) is 5.69 Å². The molecule has 0 aromatic heterocycles. The molecule has 0 aliphatic carbocycles. The van der Waals surface area contributed by atoms with E-state index < -0.39 is 0 Å². The molecule has 1 fully saturated rings. The Labute approximate surface area is 125 Å². The summed E-state index contributed by atoms with van der Waals surface area (Å²) in [6, 6.07) is 5.36. The Balaban J connectivity index is 1.70. The normalized spacial score (nSPS) is 18.2. The van der Waals surface area contributed by atoms with Crippen LogP contribution >= 0.6 is 0 Å². The van der Waals surface area contributed by atoms with Gasteiger partial charge in [0.15, 0.2) is 6.29 Å². The molecule has 1 aliphatic heterocycles. The maximum absolute atomic E-state index is 5.89. The third kappa shape index (κ3) is 5.28. The molecule has 1 aliphatic rings. The van der Waals surface area contributed by atoms with Crippen LogP contribution in [0.1, 0.15) is 19.3 Å². The number of ether oxygens (including phenoxy) is 4. The fourth-order valence-corrected chi connectivity index (χ4v) is 2.08. The lowest BCUT2D eigenvalue weighted by Crippen LogP contribution is -2.24. The summed E-state index contributed by atoms with van der Waals surface area (Å²) in [4.78, 5) is 0. The maximum Gasteiger partial charge on any atom is 0.157 e. The van der Waals surface area contributed by atoms with Crippen LogP contribution in [-0.4, -0.2) is 32.7 Å². The molecule has 1 saturated heterocycles. The van der Waals surface area contributed by atoms with Gasteiger partial charge in [0.05, 0.1) is 12.3 Å². The molecule has 1 unspecified atom stereocenters. The SMILES string of the molecule is C=CCOc1ccc(OCCOC2CCCCO2)cc1N. The van der Waals surface area contributed by atoms with E-state index in [2.05, 4.69) is 6.58 Å². The Hall–Kier alpha value is -1.72. The quantitative estimate of drug-likeness (QED) is 0.453. The first-order valence-electron chi connectivity index (χ1n) is 7.29. The second kappa shape index (κ2) is 8.54. The highest BCUT2D eigenvalue weighted by Crippen LogP contribution is 2.26. The Morgan fingerprint density at radius 1 is 1.29 bits per heavy atom. The average Bonchev–Trinajstić information content (AvgIpc) is 2.52. The Morgan fingerprint density at radius 3 is 2.90 bits per heavy atom. The van der Waals surface area contributed by atoms with Crippen LogP contribution in [0, 0.1) is 0 Å². The van der Waals surface area contributed by atoms with E-state index in [1.54, 1.807) is 18.2 Å². The number of nitrogen functional groups attached to an aromatic ring is 1. The molecular weight excluding hydrogens is 270 g/mol. The average molecular weight is 293 g/mol. The molecule has 5 nitrogen and oxygen atoms in total. The smallest absolute Gasteiger partial charge is 0.157 e. The lowest BCUT2D eigenvalue weighted by molar-refractivity contribution is -0.165. The van der Waals surface area contributed by atoms with Gasteiger partial charge in [0, 0.05) is 12.7 Å². The largest absolute Gasteiger partial charge is 0.491 e. The molecule has 21 heavy (non-hydrogen) atoms. The minimum atomic E-state index is -0.0814. The van der Waals surface area contributed by atoms with E-state index in [9.17, 15) is 0 Å². The van der Waals surface area contributed by atoms with Gasteiger partial charge in [0.1, 0.15) is 24.7 Å². The topological polar surface area (TPSA) is 62.9 Å². The van der Waals surface area contributed by atoms with Gasteiger partial charge in [-0.05, 0) is 31.4 Å². The third-order valence-corrected chi connectivity index (χ3v) is 3.13. The molecule has 0 radical (unpaired) electrons. The fourth-order valence-electron chi connectivity index (χ4n) is 2.08. The molecule has 5 heteroatoms. The van der Waals surface area contributed by atoms with Gasteiger partial charge in [-0.1, -0.05) is 12.7 Å². The molecule has 1 heterocycles. The van der Waals surface area contributed by atoms with Crippen molar-refractivity contribution < 1.29 is 18.9 Å². The molecule has 1 atom stereocenters. The number of benzene rings is 1. The number of nitrogens with two attached hydrogens (primary N) is 1. The molecule has 0 bridgehead atoms. The summed E-state index contributed by atoms with van der Waals surface area (Å²) in [6.45, 7) is 5.78. The number of anilines is 1. The van der Waals surface area contributed by atoms with Crippen molar-refractivity contribution in [2.75, 3.05) is 32.2 Å². The highest BCUT2D eigenvalue weighted by molar-refractivity contribution is 5.56. The first-order chi connectivity index (χ1) is 10.3. The Kier molecular flexibility index (Phi) is 6.37. The standard InChI is InChI=1S/C16H23NO4/c1-2-8-19-15-7-6-13(12-14(15)17)18-10-11-21-16-5-3-4-9-20-16/h2,6-7,12,16H,1,3-5,8-11,17H2. The van der Waals surface area contributed by atoms with Crippen LogP contribution in [-0.2, 0) is 9.47 Å². The maximum atomic E-state index is 5.89. The van der Waals surface area contributed by atoms with Gasteiger partial charge in [-0.2, -0.15) is 0 Å². The molecule has 116 valence electrons. The van der Waals surface area contributed by atoms with E-state index >= 15 is 0 Å². The lowest BCUT2D eigenvalue weighted by Gasteiger charge is -2.22. The molecule has 2 rings (SSSR count). The van der Waals surface area contributed by atoms with Crippen LogP contribution in [0.3, 0.4) is 0 Å². The van der Waals surface area contributed by atoms with Gasteiger partial charge in [-0.3, -0.25) is 0 Å². The number of hydrogen-bond acceptors (Lipinski definition) is 5. The Bertz CT molecular complexity index is 444. The predicted molar refractivity (Wildman–Crippen MR) is 81.6 cm³/mol. The van der Waals surface area contributed by atoms with Crippen LogP contribution in [0.15, 0.2) is 30.9 Å². The van der Waals surface area contributed by atoms with Crippen LogP contribution < -0.4 is 15.2 Å². The monoisotopic (exact) mass is 293 g/mol. The molecule has 0 saturated carbocycles. The third-order valence-electron chi connectivity index (χ3n) is 3.13. The highest BCUT2D eigenvalue weighted by Gasteiger charge is 2.13. The summed E-state index contributed by atoms with van der Waals surface area (Å²) in [5.41, 5.74) is 6.44. The minimum Gasteiger partial charge on any atom is -0.491 e. The van der Waals surface area contributed by atoms with Crippen molar-refractivity contribution >= 4 is 5.69 Å². The van der Waals surface area contributed by atoms with Crippen LogP contribution in [0.2, 0.25) is 0 Å². The summed E-state index contributed by atoms with van der Waals surface area (Å²) < 4.78 is 22.1. The van der Waals surface area contributed by atoms with Gasteiger partial charge >= 0.3 is 0 Å². The van der Waals surface area contributed by atoms with Gasteiger partial charge in [0.25, 0.3) is 0 Å². The summed E-state index contributed by atoms with van der Waals surface area (Å²) in [7, 11) is 0. The molecule has 2 N–H and O–H groups in total. The molecule has 0 spiro atoms. The van der Waals surface area contributed by atoms with E-state index in [0.29, 0.717) is 37.0 Å².